The van der Waals surface area contributed by atoms with E-state index in [0.29, 0.717) is 5.92 Å². The Morgan fingerprint density at radius 3 is 2.76 bits per heavy atom. The molecule has 17 heavy (non-hydrogen) atoms. The molecule has 1 aliphatic heterocycles. The first-order chi connectivity index (χ1) is 8.12. The predicted molar refractivity (Wildman–Crippen MR) is 69.8 cm³/mol. The smallest absolute Gasteiger partial charge is 0.240 e. The largest absolute Gasteiger partial charge is 0.354 e. The SMILES string of the molecule is CC1CCCCC1CNC(=O)C1(C)CCCN1. The van der Waals surface area contributed by atoms with E-state index in [2.05, 4.69) is 17.6 Å². The molecule has 1 heterocycles. The summed E-state index contributed by atoms with van der Waals surface area (Å²) in [7, 11) is 0. The van der Waals surface area contributed by atoms with E-state index in [1.54, 1.807) is 0 Å². The van der Waals surface area contributed by atoms with Crippen LogP contribution in [0.5, 0.6) is 0 Å². The van der Waals surface area contributed by atoms with Crippen molar-refractivity contribution in [2.24, 2.45) is 11.8 Å². The summed E-state index contributed by atoms with van der Waals surface area (Å²) in [4.78, 5) is 12.1. The van der Waals surface area contributed by atoms with Crippen LogP contribution in [0.25, 0.3) is 0 Å². The summed E-state index contributed by atoms with van der Waals surface area (Å²) in [5.41, 5.74) is -0.308. The molecule has 1 aliphatic carbocycles. The van der Waals surface area contributed by atoms with Crippen LogP contribution in [-0.4, -0.2) is 24.5 Å². The lowest BCUT2D eigenvalue weighted by Crippen LogP contribution is -2.52. The van der Waals surface area contributed by atoms with E-state index < -0.39 is 0 Å². The molecule has 3 atom stereocenters. The van der Waals surface area contributed by atoms with Crippen LogP contribution in [0.1, 0.15) is 52.4 Å². The molecule has 0 aromatic carbocycles. The zero-order chi connectivity index (χ0) is 12.3. The van der Waals surface area contributed by atoms with Crippen LogP contribution in [0.3, 0.4) is 0 Å². The van der Waals surface area contributed by atoms with Crippen LogP contribution in [-0.2, 0) is 4.79 Å². The van der Waals surface area contributed by atoms with Gasteiger partial charge in [-0.15, -0.1) is 0 Å². The van der Waals surface area contributed by atoms with Crippen LogP contribution in [0.2, 0.25) is 0 Å². The maximum atomic E-state index is 12.1. The Hall–Kier alpha value is -0.570. The summed E-state index contributed by atoms with van der Waals surface area (Å²) in [5, 5.41) is 6.48. The summed E-state index contributed by atoms with van der Waals surface area (Å²) >= 11 is 0. The molecule has 2 rings (SSSR count). The minimum absolute atomic E-state index is 0.202. The number of carbonyl (C=O) groups is 1. The molecule has 1 saturated carbocycles. The number of hydrogen-bond donors (Lipinski definition) is 2. The van der Waals surface area contributed by atoms with Gasteiger partial charge in [0.25, 0.3) is 0 Å². The number of amides is 1. The van der Waals surface area contributed by atoms with Crippen LogP contribution in [0, 0.1) is 11.8 Å². The minimum Gasteiger partial charge on any atom is -0.354 e. The van der Waals surface area contributed by atoms with Crippen LogP contribution in [0.15, 0.2) is 0 Å². The monoisotopic (exact) mass is 238 g/mol. The molecule has 3 unspecified atom stereocenters. The van der Waals surface area contributed by atoms with Crippen molar-refractivity contribution in [2.75, 3.05) is 13.1 Å². The summed E-state index contributed by atoms with van der Waals surface area (Å²) in [5.74, 6) is 1.67. The molecule has 2 fully saturated rings. The number of nitrogens with one attached hydrogen (secondary N) is 2. The Morgan fingerprint density at radius 1 is 1.35 bits per heavy atom. The zero-order valence-corrected chi connectivity index (χ0v) is 11.2. The molecule has 1 amide bonds. The summed E-state index contributed by atoms with van der Waals surface area (Å²) in [6.45, 7) is 6.20. The average molecular weight is 238 g/mol. The van der Waals surface area contributed by atoms with Gasteiger partial charge in [-0.3, -0.25) is 4.79 Å². The quantitative estimate of drug-likeness (QED) is 0.790. The fraction of sp³-hybridized carbons (Fsp3) is 0.929. The molecule has 0 bridgehead atoms. The predicted octanol–water partition coefficient (Wildman–Crippen LogP) is 2.07. The maximum Gasteiger partial charge on any atom is 0.240 e. The van der Waals surface area contributed by atoms with E-state index >= 15 is 0 Å². The maximum absolute atomic E-state index is 12.1. The van der Waals surface area contributed by atoms with Gasteiger partial charge in [0, 0.05) is 6.54 Å². The Bertz CT molecular complexity index is 271. The first-order valence-corrected chi connectivity index (χ1v) is 7.15. The topological polar surface area (TPSA) is 41.1 Å². The highest BCUT2D eigenvalue weighted by Gasteiger charge is 2.36. The van der Waals surface area contributed by atoms with Crippen molar-refractivity contribution >= 4 is 5.91 Å². The highest BCUT2D eigenvalue weighted by atomic mass is 16.2. The molecule has 2 aliphatic rings. The van der Waals surface area contributed by atoms with Crippen molar-refractivity contribution in [2.45, 2.75) is 57.9 Å². The summed E-state index contributed by atoms with van der Waals surface area (Å²) in [6, 6.07) is 0. The van der Waals surface area contributed by atoms with Gasteiger partial charge >= 0.3 is 0 Å². The summed E-state index contributed by atoms with van der Waals surface area (Å²) in [6.07, 6.45) is 7.40. The third kappa shape index (κ3) is 3.01. The van der Waals surface area contributed by atoms with Gasteiger partial charge in [-0.05, 0) is 44.6 Å². The zero-order valence-electron chi connectivity index (χ0n) is 11.2. The van der Waals surface area contributed by atoms with Gasteiger partial charge in [0.2, 0.25) is 5.91 Å². The standard InChI is InChI=1S/C14H26N2O/c1-11-6-3-4-7-12(11)10-15-13(17)14(2)8-5-9-16-14/h11-12,16H,3-10H2,1-2H3,(H,15,17). The van der Waals surface area contributed by atoms with Crippen molar-refractivity contribution in [1.82, 2.24) is 10.6 Å². The van der Waals surface area contributed by atoms with Crippen molar-refractivity contribution in [3.63, 3.8) is 0 Å². The number of hydrogen-bond acceptors (Lipinski definition) is 2. The van der Waals surface area contributed by atoms with E-state index in [1.165, 1.54) is 25.7 Å². The van der Waals surface area contributed by atoms with Crippen LogP contribution >= 0.6 is 0 Å². The average Bonchev–Trinajstić information content (AvgIpc) is 2.76. The van der Waals surface area contributed by atoms with Gasteiger partial charge in [-0.25, -0.2) is 0 Å². The second-order valence-electron chi connectivity index (χ2n) is 6.09. The molecular weight excluding hydrogens is 212 g/mol. The van der Waals surface area contributed by atoms with Crippen molar-refractivity contribution in [3.8, 4) is 0 Å². The number of rotatable bonds is 3. The van der Waals surface area contributed by atoms with Crippen molar-refractivity contribution in [3.05, 3.63) is 0 Å². The second kappa shape index (κ2) is 5.38. The van der Waals surface area contributed by atoms with Crippen LogP contribution < -0.4 is 10.6 Å². The molecule has 0 radical (unpaired) electrons. The molecule has 3 heteroatoms. The van der Waals surface area contributed by atoms with Gasteiger partial charge in [0.1, 0.15) is 0 Å². The van der Waals surface area contributed by atoms with Gasteiger partial charge in [-0.2, -0.15) is 0 Å². The second-order valence-corrected chi connectivity index (χ2v) is 6.09. The fourth-order valence-electron chi connectivity index (χ4n) is 3.20. The lowest BCUT2D eigenvalue weighted by atomic mass is 9.80. The first kappa shape index (κ1) is 12.9. The Kier molecular flexibility index (Phi) is 4.08. The molecule has 3 nitrogen and oxygen atoms in total. The molecule has 1 saturated heterocycles. The van der Waals surface area contributed by atoms with Crippen molar-refractivity contribution < 1.29 is 4.79 Å². The minimum atomic E-state index is -0.308. The van der Waals surface area contributed by atoms with E-state index in [4.69, 9.17) is 0 Å². The molecular formula is C14H26N2O. The Labute approximate surface area is 105 Å². The van der Waals surface area contributed by atoms with Gasteiger partial charge in [0.05, 0.1) is 5.54 Å². The summed E-state index contributed by atoms with van der Waals surface area (Å²) < 4.78 is 0. The third-order valence-electron chi connectivity index (χ3n) is 4.68. The molecule has 0 aromatic rings. The lowest BCUT2D eigenvalue weighted by Gasteiger charge is -2.30. The lowest BCUT2D eigenvalue weighted by molar-refractivity contribution is -0.126. The Balaban J connectivity index is 1.79. The van der Waals surface area contributed by atoms with E-state index in [0.717, 1.165) is 31.8 Å². The van der Waals surface area contributed by atoms with E-state index in [9.17, 15) is 4.79 Å². The number of carbonyl (C=O) groups excluding carboxylic acids is 1. The fourth-order valence-corrected chi connectivity index (χ4v) is 3.20. The third-order valence-corrected chi connectivity index (χ3v) is 4.68. The molecule has 0 aromatic heterocycles. The highest BCUT2D eigenvalue weighted by Crippen LogP contribution is 2.29. The molecule has 98 valence electrons. The van der Waals surface area contributed by atoms with Crippen LogP contribution in [0.4, 0.5) is 0 Å². The Morgan fingerprint density at radius 2 is 2.12 bits per heavy atom. The first-order valence-electron chi connectivity index (χ1n) is 7.15. The van der Waals surface area contributed by atoms with E-state index in [1.807, 2.05) is 6.92 Å². The van der Waals surface area contributed by atoms with Gasteiger partial charge in [0.15, 0.2) is 0 Å². The highest BCUT2D eigenvalue weighted by molar-refractivity contribution is 5.86. The van der Waals surface area contributed by atoms with Gasteiger partial charge in [-0.1, -0.05) is 26.2 Å². The molecule has 0 spiro atoms. The van der Waals surface area contributed by atoms with E-state index in [-0.39, 0.29) is 11.4 Å². The molecule has 2 N–H and O–H groups in total. The normalized spacial score (nSPS) is 38.0. The van der Waals surface area contributed by atoms with Gasteiger partial charge < -0.3 is 10.6 Å². The van der Waals surface area contributed by atoms with Crippen molar-refractivity contribution in [1.29, 1.82) is 0 Å².